The van der Waals surface area contributed by atoms with Crippen molar-refractivity contribution in [3.8, 4) is 0 Å². The summed E-state index contributed by atoms with van der Waals surface area (Å²) in [4.78, 5) is 9.13. The van der Waals surface area contributed by atoms with Gasteiger partial charge in [-0.2, -0.15) is 0 Å². The van der Waals surface area contributed by atoms with Gasteiger partial charge in [0, 0.05) is 33.7 Å². The van der Waals surface area contributed by atoms with Gasteiger partial charge in [-0.05, 0) is 25.2 Å². The third-order valence-electron chi connectivity index (χ3n) is 3.39. The van der Waals surface area contributed by atoms with E-state index in [0.29, 0.717) is 5.41 Å². The lowest BCUT2D eigenvalue weighted by Gasteiger charge is -2.28. The summed E-state index contributed by atoms with van der Waals surface area (Å²) < 4.78 is 0. The molecule has 0 spiro atoms. The summed E-state index contributed by atoms with van der Waals surface area (Å²) in [6.45, 7) is 9.94. The first kappa shape index (κ1) is 16.0. The Kier molecular flexibility index (Phi) is 6.67. The molecule has 0 N–H and O–H groups in total. The minimum Gasteiger partial charge on any atom is -0.349 e. The van der Waals surface area contributed by atoms with Crippen LogP contribution in [0.2, 0.25) is 0 Å². The van der Waals surface area contributed by atoms with Gasteiger partial charge in [0.2, 0.25) is 0 Å². The van der Waals surface area contributed by atoms with E-state index in [0.717, 1.165) is 25.6 Å². The van der Waals surface area contributed by atoms with Crippen LogP contribution in [0.15, 0.2) is 4.99 Å². The number of aliphatic imine (C=N–C) groups is 1. The van der Waals surface area contributed by atoms with E-state index in [1.165, 1.54) is 12.8 Å². The van der Waals surface area contributed by atoms with Crippen LogP contribution in [-0.4, -0.2) is 49.5 Å². The quantitative estimate of drug-likeness (QED) is 0.438. The zero-order valence-electron chi connectivity index (χ0n) is 11.3. The molecule has 0 saturated carbocycles. The standard InChI is InChI=1S/C12H25N3.HI/c1-6-12(3)8-9-15(10-12)11(13-7-2)14(4)5;/h6-10H2,1-5H3;1H. The van der Waals surface area contributed by atoms with Crippen molar-refractivity contribution in [3.05, 3.63) is 0 Å². The Hall–Kier alpha value is 0. The van der Waals surface area contributed by atoms with E-state index < -0.39 is 0 Å². The third-order valence-corrected chi connectivity index (χ3v) is 3.39. The van der Waals surface area contributed by atoms with Gasteiger partial charge < -0.3 is 9.80 Å². The summed E-state index contributed by atoms with van der Waals surface area (Å²) in [6.07, 6.45) is 2.55. The molecule has 0 amide bonds. The molecule has 96 valence electrons. The molecule has 1 rings (SSSR count). The second kappa shape index (κ2) is 6.67. The molecular weight excluding hydrogens is 313 g/mol. The molecule has 1 aliphatic heterocycles. The van der Waals surface area contributed by atoms with Gasteiger partial charge in [0.15, 0.2) is 5.96 Å². The minimum absolute atomic E-state index is 0. The molecule has 0 aromatic rings. The van der Waals surface area contributed by atoms with Crippen LogP contribution in [0, 0.1) is 5.41 Å². The molecule has 1 unspecified atom stereocenters. The fourth-order valence-electron chi connectivity index (χ4n) is 2.15. The van der Waals surface area contributed by atoms with Crippen molar-refractivity contribution < 1.29 is 0 Å². The average molecular weight is 339 g/mol. The first-order valence-corrected chi connectivity index (χ1v) is 5.99. The number of halogens is 1. The number of rotatable bonds is 2. The molecule has 1 aliphatic rings. The summed E-state index contributed by atoms with van der Waals surface area (Å²) >= 11 is 0. The van der Waals surface area contributed by atoms with Gasteiger partial charge in [-0.15, -0.1) is 24.0 Å². The van der Waals surface area contributed by atoms with Crippen LogP contribution in [0.1, 0.15) is 33.6 Å². The number of likely N-dealkylation sites (tertiary alicyclic amines) is 1. The van der Waals surface area contributed by atoms with Crippen LogP contribution < -0.4 is 0 Å². The second-order valence-electron chi connectivity index (χ2n) is 5.00. The monoisotopic (exact) mass is 339 g/mol. The second-order valence-corrected chi connectivity index (χ2v) is 5.00. The molecule has 0 radical (unpaired) electrons. The third kappa shape index (κ3) is 3.79. The van der Waals surface area contributed by atoms with Crippen molar-refractivity contribution in [2.75, 3.05) is 33.7 Å². The Balaban J connectivity index is 0.00000225. The highest BCUT2D eigenvalue weighted by Gasteiger charge is 2.33. The van der Waals surface area contributed by atoms with E-state index in [1.807, 2.05) is 0 Å². The van der Waals surface area contributed by atoms with Crippen molar-refractivity contribution in [1.82, 2.24) is 9.80 Å². The van der Waals surface area contributed by atoms with Gasteiger partial charge in [0.05, 0.1) is 0 Å². The Labute approximate surface area is 117 Å². The van der Waals surface area contributed by atoms with Crippen LogP contribution in [0.25, 0.3) is 0 Å². The van der Waals surface area contributed by atoms with Crippen LogP contribution >= 0.6 is 24.0 Å². The molecule has 1 saturated heterocycles. The lowest BCUT2D eigenvalue weighted by atomic mass is 9.87. The van der Waals surface area contributed by atoms with Crippen molar-refractivity contribution >= 4 is 29.9 Å². The predicted molar refractivity (Wildman–Crippen MR) is 81.7 cm³/mol. The van der Waals surface area contributed by atoms with E-state index in [-0.39, 0.29) is 24.0 Å². The number of guanidine groups is 1. The first-order valence-electron chi connectivity index (χ1n) is 5.99. The molecule has 1 heterocycles. The van der Waals surface area contributed by atoms with Crippen molar-refractivity contribution in [1.29, 1.82) is 0 Å². The fourth-order valence-corrected chi connectivity index (χ4v) is 2.15. The minimum atomic E-state index is 0. The number of nitrogens with zero attached hydrogens (tertiary/aromatic N) is 3. The summed E-state index contributed by atoms with van der Waals surface area (Å²) in [5.74, 6) is 1.15. The zero-order valence-corrected chi connectivity index (χ0v) is 13.6. The highest BCUT2D eigenvalue weighted by atomic mass is 127. The van der Waals surface area contributed by atoms with Crippen LogP contribution in [0.5, 0.6) is 0 Å². The summed E-state index contributed by atoms with van der Waals surface area (Å²) in [6, 6.07) is 0. The predicted octanol–water partition coefficient (Wildman–Crippen LogP) is 2.66. The highest BCUT2D eigenvalue weighted by molar-refractivity contribution is 14.0. The molecule has 1 atom stereocenters. The van der Waals surface area contributed by atoms with Gasteiger partial charge in [-0.25, -0.2) is 0 Å². The topological polar surface area (TPSA) is 18.8 Å². The molecule has 3 nitrogen and oxygen atoms in total. The summed E-state index contributed by atoms with van der Waals surface area (Å²) in [7, 11) is 4.16. The Bertz CT molecular complexity index is 240. The molecule has 1 fully saturated rings. The van der Waals surface area contributed by atoms with E-state index in [9.17, 15) is 0 Å². The Morgan fingerprint density at radius 2 is 2.00 bits per heavy atom. The summed E-state index contributed by atoms with van der Waals surface area (Å²) in [5, 5.41) is 0. The van der Waals surface area contributed by atoms with Crippen LogP contribution in [-0.2, 0) is 0 Å². The molecule has 0 aromatic heterocycles. The molecule has 0 aliphatic carbocycles. The number of hydrogen-bond donors (Lipinski definition) is 0. The smallest absolute Gasteiger partial charge is 0.196 e. The van der Waals surface area contributed by atoms with Gasteiger partial charge in [-0.1, -0.05) is 13.8 Å². The van der Waals surface area contributed by atoms with Gasteiger partial charge in [0.25, 0.3) is 0 Å². The van der Waals surface area contributed by atoms with E-state index in [4.69, 9.17) is 0 Å². The molecule has 0 bridgehead atoms. The van der Waals surface area contributed by atoms with Crippen molar-refractivity contribution in [3.63, 3.8) is 0 Å². The average Bonchev–Trinajstić information content (AvgIpc) is 2.58. The fraction of sp³-hybridized carbons (Fsp3) is 0.917. The van der Waals surface area contributed by atoms with E-state index >= 15 is 0 Å². The Morgan fingerprint density at radius 1 is 1.38 bits per heavy atom. The molecule has 0 aromatic carbocycles. The largest absolute Gasteiger partial charge is 0.349 e. The van der Waals surface area contributed by atoms with E-state index in [1.54, 1.807) is 0 Å². The SMILES string of the molecule is CCN=C(N(C)C)N1CCC(C)(CC)C1.I. The van der Waals surface area contributed by atoms with Crippen LogP contribution in [0.3, 0.4) is 0 Å². The zero-order chi connectivity index (χ0) is 11.5. The van der Waals surface area contributed by atoms with Crippen LogP contribution in [0.4, 0.5) is 0 Å². The molecular formula is C12H26IN3. The van der Waals surface area contributed by atoms with E-state index in [2.05, 4.69) is 49.7 Å². The normalized spacial score (nSPS) is 25.6. The number of hydrogen-bond acceptors (Lipinski definition) is 1. The molecule has 16 heavy (non-hydrogen) atoms. The lowest BCUT2D eigenvalue weighted by Crippen LogP contribution is -2.40. The van der Waals surface area contributed by atoms with Crippen molar-refractivity contribution in [2.24, 2.45) is 10.4 Å². The van der Waals surface area contributed by atoms with Gasteiger partial charge >= 0.3 is 0 Å². The maximum absolute atomic E-state index is 4.57. The lowest BCUT2D eigenvalue weighted by molar-refractivity contribution is 0.313. The first-order chi connectivity index (χ1) is 7.02. The molecule has 4 heteroatoms. The highest BCUT2D eigenvalue weighted by Crippen LogP contribution is 2.33. The van der Waals surface area contributed by atoms with Gasteiger partial charge in [-0.3, -0.25) is 4.99 Å². The maximum Gasteiger partial charge on any atom is 0.196 e. The van der Waals surface area contributed by atoms with Crippen molar-refractivity contribution in [2.45, 2.75) is 33.6 Å². The maximum atomic E-state index is 4.57. The van der Waals surface area contributed by atoms with Gasteiger partial charge in [0.1, 0.15) is 0 Å². The Morgan fingerprint density at radius 3 is 2.38 bits per heavy atom. The summed E-state index contributed by atoms with van der Waals surface area (Å²) in [5.41, 5.74) is 0.491.